The van der Waals surface area contributed by atoms with Crippen LogP contribution in [0.1, 0.15) is 65.8 Å². The van der Waals surface area contributed by atoms with Crippen LogP contribution < -0.4 is 20.7 Å². The first kappa shape index (κ1) is 35.9. The Morgan fingerprint density at radius 1 is 0.911 bits per heavy atom. The molecule has 2 aromatic carbocycles. The minimum Gasteiger partial charge on any atom is -0.487 e. The van der Waals surface area contributed by atoms with Crippen LogP contribution in [0.15, 0.2) is 36.4 Å². The van der Waals surface area contributed by atoms with Crippen molar-refractivity contribution in [2.75, 3.05) is 11.9 Å². The number of hydrogen-bond acceptors (Lipinski definition) is 4. The number of carbonyl (C=O) groups is 3. The molecule has 3 N–H and O–H groups in total. The highest BCUT2D eigenvalue weighted by Crippen LogP contribution is 2.38. The van der Waals surface area contributed by atoms with Crippen molar-refractivity contribution >= 4 is 35.0 Å². The second kappa shape index (κ2) is 14.2. The maximum Gasteiger partial charge on any atom is 0.402 e. The number of hydrogen-bond donors (Lipinski definition) is 3. The van der Waals surface area contributed by atoms with Crippen LogP contribution in [0, 0.1) is 11.3 Å². The zero-order valence-electron chi connectivity index (χ0n) is 24.0. The maximum atomic E-state index is 13.2. The zero-order chi connectivity index (χ0) is 33.7. The summed E-state index contributed by atoms with van der Waals surface area (Å²) in [5, 5.41) is 7.19. The van der Waals surface area contributed by atoms with Crippen LogP contribution in [0.2, 0.25) is 5.02 Å². The Bertz CT molecular complexity index is 1390. The molecule has 45 heavy (non-hydrogen) atoms. The number of carbonyl (C=O) groups excluding carboxylic acids is 3. The van der Waals surface area contributed by atoms with Crippen LogP contribution in [0.25, 0.3) is 0 Å². The van der Waals surface area contributed by atoms with E-state index in [0.29, 0.717) is 0 Å². The Kier molecular flexibility index (Phi) is 11.3. The van der Waals surface area contributed by atoms with Gasteiger partial charge in [-0.15, -0.1) is 0 Å². The van der Waals surface area contributed by atoms with Crippen molar-refractivity contribution in [1.82, 2.24) is 10.6 Å². The lowest BCUT2D eigenvalue weighted by Gasteiger charge is -2.30. The number of benzene rings is 2. The lowest BCUT2D eigenvalue weighted by Crippen LogP contribution is -2.46. The van der Waals surface area contributed by atoms with Gasteiger partial charge in [-0.2, -0.15) is 26.3 Å². The summed E-state index contributed by atoms with van der Waals surface area (Å²) >= 11 is 6.15. The third-order valence-electron chi connectivity index (χ3n) is 7.38. The van der Waals surface area contributed by atoms with Crippen LogP contribution in [0.4, 0.5) is 40.8 Å². The Labute approximate surface area is 258 Å². The number of anilines is 1. The van der Waals surface area contributed by atoms with E-state index in [0.717, 1.165) is 26.0 Å². The first-order chi connectivity index (χ1) is 20.8. The van der Waals surface area contributed by atoms with E-state index in [1.54, 1.807) is 0 Å². The van der Waals surface area contributed by atoms with Crippen molar-refractivity contribution in [3.05, 3.63) is 58.1 Å². The summed E-state index contributed by atoms with van der Waals surface area (Å²) in [4.78, 5) is 38.3. The van der Waals surface area contributed by atoms with Crippen molar-refractivity contribution in [1.29, 1.82) is 0 Å². The van der Waals surface area contributed by atoms with Crippen LogP contribution in [0.5, 0.6) is 5.75 Å². The van der Waals surface area contributed by atoms with Gasteiger partial charge in [0.2, 0.25) is 5.91 Å². The average molecular weight is 672 g/mol. The SMILES string of the molecule is CC(C)(C(=O)NCc1ccc(Cl)c(C(=O)Nc2ccc(OCC(F)F)c(C(=O)NC3CCC(C(F)(F)F)CC3)c2)c1)C(F)(F)F. The van der Waals surface area contributed by atoms with Crippen molar-refractivity contribution in [3.8, 4) is 5.75 Å². The number of amides is 3. The number of halogens is 9. The van der Waals surface area contributed by atoms with Crippen molar-refractivity contribution < 1.29 is 54.2 Å². The summed E-state index contributed by atoms with van der Waals surface area (Å²) in [5.41, 5.74) is -2.83. The summed E-state index contributed by atoms with van der Waals surface area (Å²) in [7, 11) is 0. The van der Waals surface area contributed by atoms with Gasteiger partial charge in [-0.25, -0.2) is 8.78 Å². The molecular weight excluding hydrogens is 642 g/mol. The standard InChI is InChI=1S/C29H30ClF8N3O4/c1-27(2,29(36,37)38)26(44)39-13-15-3-9-21(30)19(11-15)24(42)41-18-8-10-22(45-14-23(31)32)20(12-18)25(43)40-17-6-4-16(5-7-17)28(33,34)35/h3,8-12,16-17,23H,4-7,13-14H2,1-2H3,(H,39,44)(H,40,43)(H,41,42). The molecule has 0 saturated heterocycles. The highest BCUT2D eigenvalue weighted by Gasteiger charge is 2.52. The molecule has 0 aliphatic heterocycles. The fourth-order valence-electron chi connectivity index (χ4n) is 4.48. The number of nitrogens with one attached hydrogen (secondary N) is 3. The molecule has 7 nitrogen and oxygen atoms in total. The molecule has 2 aromatic rings. The third-order valence-corrected chi connectivity index (χ3v) is 7.71. The molecular formula is C29H30ClF8N3O4. The minimum absolute atomic E-state index is 0.00275. The summed E-state index contributed by atoms with van der Waals surface area (Å²) in [6, 6.07) is 6.85. The van der Waals surface area contributed by atoms with Gasteiger partial charge in [0.25, 0.3) is 18.2 Å². The van der Waals surface area contributed by atoms with Gasteiger partial charge < -0.3 is 20.7 Å². The van der Waals surface area contributed by atoms with Gasteiger partial charge in [0.1, 0.15) is 17.8 Å². The predicted molar refractivity (Wildman–Crippen MR) is 148 cm³/mol. The van der Waals surface area contributed by atoms with E-state index in [2.05, 4.69) is 16.0 Å². The number of alkyl halides is 8. The fourth-order valence-corrected chi connectivity index (χ4v) is 4.68. The van der Waals surface area contributed by atoms with Crippen molar-refractivity contribution in [2.24, 2.45) is 11.3 Å². The Hall–Kier alpha value is -3.62. The molecule has 1 aliphatic carbocycles. The average Bonchev–Trinajstić information content (AvgIpc) is 2.94. The molecule has 0 bridgehead atoms. The Morgan fingerprint density at radius 2 is 1.56 bits per heavy atom. The van der Waals surface area contributed by atoms with E-state index in [9.17, 15) is 49.5 Å². The highest BCUT2D eigenvalue weighted by atomic mass is 35.5. The first-order valence-electron chi connectivity index (χ1n) is 13.7. The van der Waals surface area contributed by atoms with Gasteiger partial charge in [0.05, 0.1) is 22.1 Å². The van der Waals surface area contributed by atoms with E-state index in [-0.39, 0.29) is 65.4 Å². The Balaban J connectivity index is 1.76. The predicted octanol–water partition coefficient (Wildman–Crippen LogP) is 7.29. The van der Waals surface area contributed by atoms with Crippen molar-refractivity contribution in [2.45, 2.75) is 70.9 Å². The molecule has 1 aliphatic rings. The summed E-state index contributed by atoms with van der Waals surface area (Å²) < 4.78 is 109. The molecule has 248 valence electrons. The smallest absolute Gasteiger partial charge is 0.402 e. The molecule has 3 rings (SSSR count). The van der Waals surface area contributed by atoms with Gasteiger partial charge in [-0.3, -0.25) is 14.4 Å². The van der Waals surface area contributed by atoms with Gasteiger partial charge in [0, 0.05) is 18.3 Å². The molecule has 0 radical (unpaired) electrons. The zero-order valence-corrected chi connectivity index (χ0v) is 24.7. The van der Waals surface area contributed by atoms with Crippen molar-refractivity contribution in [3.63, 3.8) is 0 Å². The molecule has 1 fully saturated rings. The Morgan fingerprint density at radius 3 is 2.13 bits per heavy atom. The lowest BCUT2D eigenvalue weighted by molar-refractivity contribution is -0.211. The maximum absolute atomic E-state index is 13.2. The number of rotatable bonds is 10. The van der Waals surface area contributed by atoms with Gasteiger partial charge in [0.15, 0.2) is 0 Å². The molecule has 0 spiro atoms. The van der Waals surface area contributed by atoms with Gasteiger partial charge >= 0.3 is 12.4 Å². The van der Waals surface area contributed by atoms with E-state index in [1.807, 2.05) is 0 Å². The second-order valence-corrected chi connectivity index (χ2v) is 11.5. The molecule has 16 heteroatoms. The molecule has 3 amide bonds. The van der Waals surface area contributed by atoms with Crippen LogP contribution in [0.3, 0.4) is 0 Å². The third kappa shape index (κ3) is 9.44. The number of ether oxygens (including phenoxy) is 1. The normalized spacial score (nSPS) is 17.5. The van der Waals surface area contributed by atoms with E-state index in [4.69, 9.17) is 16.3 Å². The molecule has 0 atom stereocenters. The molecule has 1 saturated carbocycles. The summed E-state index contributed by atoms with van der Waals surface area (Å²) in [5.74, 6) is -4.66. The molecule has 0 aromatic heterocycles. The van der Waals surface area contributed by atoms with E-state index in [1.165, 1.54) is 24.3 Å². The summed E-state index contributed by atoms with van der Waals surface area (Å²) in [6.07, 6.45) is -12.3. The fraction of sp³-hybridized carbons (Fsp3) is 0.483. The van der Waals surface area contributed by atoms with Gasteiger partial charge in [-0.1, -0.05) is 17.7 Å². The van der Waals surface area contributed by atoms with Crippen LogP contribution in [-0.2, 0) is 11.3 Å². The van der Waals surface area contributed by atoms with E-state index < -0.39 is 60.5 Å². The lowest BCUT2D eigenvalue weighted by atomic mass is 9.85. The van der Waals surface area contributed by atoms with Crippen LogP contribution in [-0.4, -0.2) is 49.1 Å². The molecule has 0 unspecified atom stereocenters. The van der Waals surface area contributed by atoms with Gasteiger partial charge in [-0.05, 0) is 75.4 Å². The minimum atomic E-state index is -4.80. The van der Waals surface area contributed by atoms with Crippen LogP contribution >= 0.6 is 11.6 Å². The second-order valence-electron chi connectivity index (χ2n) is 11.1. The first-order valence-corrected chi connectivity index (χ1v) is 14.0. The molecule has 0 heterocycles. The van der Waals surface area contributed by atoms with E-state index >= 15 is 0 Å². The largest absolute Gasteiger partial charge is 0.487 e. The monoisotopic (exact) mass is 671 g/mol. The topological polar surface area (TPSA) is 96.5 Å². The quantitative estimate of drug-likeness (QED) is 0.231. The summed E-state index contributed by atoms with van der Waals surface area (Å²) in [6.45, 7) is 0.0303. The highest BCUT2D eigenvalue weighted by molar-refractivity contribution is 6.34.